The topological polar surface area (TPSA) is 91.0 Å². The van der Waals surface area contributed by atoms with Crippen LogP contribution >= 0.6 is 0 Å². The molecule has 0 aromatic heterocycles. The summed E-state index contributed by atoms with van der Waals surface area (Å²) in [5, 5.41) is 14.6. The van der Waals surface area contributed by atoms with Gasteiger partial charge in [0.1, 0.15) is 0 Å². The van der Waals surface area contributed by atoms with E-state index in [0.717, 1.165) is 31.5 Å². The Kier molecular flexibility index (Phi) is 5.03. The number of likely N-dealkylation sites (tertiary alicyclic amines) is 1. The van der Waals surface area contributed by atoms with E-state index in [2.05, 4.69) is 17.4 Å². The summed E-state index contributed by atoms with van der Waals surface area (Å²) in [6.07, 6.45) is 2.12. The Morgan fingerprint density at radius 1 is 1.48 bits per heavy atom. The normalized spacial score (nSPS) is 16.8. The number of piperidine rings is 1. The van der Waals surface area contributed by atoms with E-state index in [0.29, 0.717) is 18.0 Å². The summed E-state index contributed by atoms with van der Waals surface area (Å²) in [5.74, 6) is 0.764. The summed E-state index contributed by atoms with van der Waals surface area (Å²) >= 11 is 0. The highest BCUT2D eigenvalue weighted by molar-refractivity contribution is 5.97. The fourth-order valence-electron chi connectivity index (χ4n) is 2.40. The van der Waals surface area contributed by atoms with Crippen LogP contribution in [-0.4, -0.2) is 35.1 Å². The summed E-state index contributed by atoms with van der Waals surface area (Å²) in [7, 11) is 0. The number of benzene rings is 1. The molecule has 6 nitrogen and oxygen atoms in total. The maximum atomic E-state index is 12.1. The van der Waals surface area contributed by atoms with E-state index in [1.54, 1.807) is 12.1 Å². The highest BCUT2D eigenvalue weighted by Crippen LogP contribution is 2.15. The summed E-state index contributed by atoms with van der Waals surface area (Å²) in [5.41, 5.74) is 7.10. The number of amidine groups is 1. The van der Waals surface area contributed by atoms with Gasteiger partial charge in [-0.1, -0.05) is 30.3 Å². The number of hydrogen-bond acceptors (Lipinski definition) is 3. The molecule has 2 rings (SSSR count). The monoisotopic (exact) mass is 290 g/mol. The van der Waals surface area contributed by atoms with Crippen LogP contribution in [0.5, 0.6) is 0 Å². The lowest BCUT2D eigenvalue weighted by atomic mass is 10.00. The van der Waals surface area contributed by atoms with Crippen LogP contribution < -0.4 is 11.1 Å². The van der Waals surface area contributed by atoms with Crippen LogP contribution in [0.1, 0.15) is 30.9 Å². The number of amides is 2. The zero-order valence-electron chi connectivity index (χ0n) is 12.2. The van der Waals surface area contributed by atoms with Crippen molar-refractivity contribution in [3.8, 4) is 0 Å². The number of rotatable bonds is 3. The predicted octanol–water partition coefficient (Wildman–Crippen LogP) is 1.72. The summed E-state index contributed by atoms with van der Waals surface area (Å²) in [6.45, 7) is 4.28. The van der Waals surface area contributed by atoms with Crippen LogP contribution in [0.15, 0.2) is 29.4 Å². The van der Waals surface area contributed by atoms with Crippen molar-refractivity contribution in [3.63, 3.8) is 0 Å². The Morgan fingerprint density at radius 2 is 2.19 bits per heavy atom. The number of urea groups is 1. The Balaban J connectivity index is 1.89. The van der Waals surface area contributed by atoms with Gasteiger partial charge in [-0.25, -0.2) is 4.79 Å². The molecule has 0 spiro atoms. The van der Waals surface area contributed by atoms with E-state index in [4.69, 9.17) is 10.9 Å². The molecular formula is C15H22N4O2. The largest absolute Gasteiger partial charge is 0.409 e. The lowest BCUT2D eigenvalue weighted by molar-refractivity contribution is 0.173. The molecular weight excluding hydrogens is 268 g/mol. The van der Waals surface area contributed by atoms with Gasteiger partial charge in [0.15, 0.2) is 5.84 Å². The van der Waals surface area contributed by atoms with Crippen LogP contribution in [0.25, 0.3) is 0 Å². The maximum Gasteiger partial charge on any atom is 0.317 e. The first-order valence-corrected chi connectivity index (χ1v) is 7.19. The van der Waals surface area contributed by atoms with Gasteiger partial charge in [-0.15, -0.1) is 0 Å². The van der Waals surface area contributed by atoms with Gasteiger partial charge in [0, 0.05) is 25.2 Å². The van der Waals surface area contributed by atoms with Gasteiger partial charge in [-0.3, -0.25) is 0 Å². The van der Waals surface area contributed by atoms with Crippen molar-refractivity contribution in [1.82, 2.24) is 10.2 Å². The summed E-state index contributed by atoms with van der Waals surface area (Å²) < 4.78 is 0. The molecule has 0 atom stereocenters. The van der Waals surface area contributed by atoms with Crippen molar-refractivity contribution in [2.45, 2.75) is 26.3 Å². The lowest BCUT2D eigenvalue weighted by Gasteiger charge is -2.30. The molecule has 1 aromatic carbocycles. The first-order valence-electron chi connectivity index (χ1n) is 7.19. The van der Waals surface area contributed by atoms with Crippen LogP contribution in [0.4, 0.5) is 4.79 Å². The fraction of sp³-hybridized carbons (Fsp3) is 0.467. The molecule has 0 saturated carbocycles. The van der Waals surface area contributed by atoms with Crippen molar-refractivity contribution < 1.29 is 10.0 Å². The molecule has 1 aliphatic heterocycles. The van der Waals surface area contributed by atoms with E-state index in [1.165, 1.54) is 0 Å². The van der Waals surface area contributed by atoms with Gasteiger partial charge < -0.3 is 21.2 Å². The highest BCUT2D eigenvalue weighted by Gasteiger charge is 2.19. The summed E-state index contributed by atoms with van der Waals surface area (Å²) in [4.78, 5) is 13.9. The molecule has 0 unspecified atom stereocenters. The van der Waals surface area contributed by atoms with E-state index >= 15 is 0 Å². The molecule has 4 N–H and O–H groups in total. The molecule has 1 saturated heterocycles. The smallest absolute Gasteiger partial charge is 0.317 e. The second-order valence-corrected chi connectivity index (χ2v) is 5.51. The Labute approximate surface area is 124 Å². The minimum atomic E-state index is -0.0314. The van der Waals surface area contributed by atoms with Gasteiger partial charge in [-0.2, -0.15) is 0 Å². The second-order valence-electron chi connectivity index (χ2n) is 5.51. The number of nitrogens with two attached hydrogens (primary N) is 1. The van der Waals surface area contributed by atoms with E-state index < -0.39 is 0 Å². The predicted molar refractivity (Wildman–Crippen MR) is 81.2 cm³/mol. The number of carbonyl (C=O) groups excluding carboxylic acids is 1. The number of nitrogens with one attached hydrogen (secondary N) is 1. The maximum absolute atomic E-state index is 12.1. The molecule has 6 heteroatoms. The zero-order chi connectivity index (χ0) is 15.2. The average Bonchev–Trinajstić information content (AvgIpc) is 2.52. The molecule has 0 radical (unpaired) electrons. The van der Waals surface area contributed by atoms with Crippen molar-refractivity contribution in [1.29, 1.82) is 0 Å². The molecule has 21 heavy (non-hydrogen) atoms. The van der Waals surface area contributed by atoms with E-state index in [9.17, 15) is 4.79 Å². The van der Waals surface area contributed by atoms with E-state index in [1.807, 2.05) is 17.0 Å². The lowest BCUT2D eigenvalue weighted by Crippen LogP contribution is -2.43. The van der Waals surface area contributed by atoms with Crippen LogP contribution in [-0.2, 0) is 6.54 Å². The van der Waals surface area contributed by atoms with Crippen LogP contribution in [0, 0.1) is 5.92 Å². The number of hydrogen-bond donors (Lipinski definition) is 3. The molecule has 1 aromatic rings. The van der Waals surface area contributed by atoms with Crippen molar-refractivity contribution >= 4 is 11.9 Å². The van der Waals surface area contributed by atoms with Gasteiger partial charge in [0.25, 0.3) is 0 Å². The molecule has 114 valence electrons. The molecule has 1 heterocycles. The number of nitrogens with zero attached hydrogens (tertiary/aromatic N) is 2. The van der Waals surface area contributed by atoms with Gasteiger partial charge in [0.05, 0.1) is 0 Å². The van der Waals surface area contributed by atoms with Crippen LogP contribution in [0.3, 0.4) is 0 Å². The molecule has 2 amide bonds. The first kappa shape index (κ1) is 15.2. The third-order valence-corrected chi connectivity index (χ3v) is 3.85. The van der Waals surface area contributed by atoms with Crippen molar-refractivity contribution in [2.24, 2.45) is 16.8 Å². The van der Waals surface area contributed by atoms with E-state index in [-0.39, 0.29) is 11.9 Å². The third-order valence-electron chi connectivity index (χ3n) is 3.85. The summed E-state index contributed by atoms with van der Waals surface area (Å²) in [6, 6.07) is 7.24. The van der Waals surface area contributed by atoms with Crippen LogP contribution in [0.2, 0.25) is 0 Å². The Morgan fingerprint density at radius 3 is 2.86 bits per heavy atom. The Hall–Kier alpha value is -2.24. The first-order chi connectivity index (χ1) is 10.1. The van der Waals surface area contributed by atoms with Gasteiger partial charge in [0.2, 0.25) is 0 Å². The minimum Gasteiger partial charge on any atom is -0.409 e. The molecule has 0 bridgehead atoms. The van der Waals surface area contributed by atoms with Crippen molar-refractivity contribution in [3.05, 3.63) is 35.4 Å². The quantitative estimate of drug-likeness (QED) is 0.342. The minimum absolute atomic E-state index is 0.0314. The Bertz CT molecular complexity index is 522. The average molecular weight is 290 g/mol. The third kappa shape index (κ3) is 4.11. The second kappa shape index (κ2) is 6.97. The molecule has 0 aliphatic carbocycles. The fourth-order valence-corrected chi connectivity index (χ4v) is 2.40. The number of oxime groups is 1. The molecule has 1 fully saturated rings. The van der Waals surface area contributed by atoms with Gasteiger partial charge >= 0.3 is 6.03 Å². The molecule has 1 aliphatic rings. The SMILES string of the molecule is CC1CCN(C(=O)NCc2cccc(C(N)=NO)c2)CC1. The standard InChI is InChI=1S/C15H22N4O2/c1-11-5-7-19(8-6-11)15(20)17-10-12-3-2-4-13(9-12)14(16)18-21/h2-4,9,11,21H,5-8,10H2,1H3,(H2,16,18)(H,17,20). The zero-order valence-corrected chi connectivity index (χ0v) is 12.2. The van der Waals surface area contributed by atoms with Gasteiger partial charge in [-0.05, 0) is 30.4 Å². The van der Waals surface area contributed by atoms with Crippen molar-refractivity contribution in [2.75, 3.05) is 13.1 Å². The number of carbonyl (C=O) groups is 1. The highest BCUT2D eigenvalue weighted by atomic mass is 16.4.